The molecule has 2 amide bonds. The molecule has 0 aliphatic rings. The Bertz CT molecular complexity index is 1410. The standard InChI is InChI=1S/C33H43N3O4S/c1-6-7-20-34-33(38)31(22-27-15-9-8-10-16-27)35(23-28-17-13-14-26(4)21-28)32(37)24-36(41(5,39)40)30-19-12-11-18-29(30)25(2)3/h8-19,21,25,31H,6-7,20,22-24H2,1-5H3,(H,34,38)/t31-/m0/s1. The lowest BCUT2D eigenvalue weighted by Gasteiger charge is -2.34. The van der Waals surface area contributed by atoms with Crippen LogP contribution in [0.15, 0.2) is 78.9 Å². The molecule has 3 rings (SSSR count). The second-order valence-electron chi connectivity index (χ2n) is 10.8. The number of rotatable bonds is 14. The predicted octanol–water partition coefficient (Wildman–Crippen LogP) is 5.44. The Morgan fingerprint density at radius 2 is 1.56 bits per heavy atom. The topological polar surface area (TPSA) is 86.8 Å². The third-order valence-corrected chi connectivity index (χ3v) is 8.17. The van der Waals surface area contributed by atoms with E-state index in [0.29, 0.717) is 18.7 Å². The van der Waals surface area contributed by atoms with Crippen molar-refractivity contribution < 1.29 is 18.0 Å². The lowest BCUT2D eigenvalue weighted by molar-refractivity contribution is -0.140. The number of sulfonamides is 1. The molecule has 0 spiro atoms. The SMILES string of the molecule is CCCCNC(=O)[C@H](Cc1ccccc1)N(Cc1cccc(C)c1)C(=O)CN(c1ccccc1C(C)C)S(C)(=O)=O. The van der Waals surface area contributed by atoms with Gasteiger partial charge in [-0.05, 0) is 42.0 Å². The second kappa shape index (κ2) is 14.8. The van der Waals surface area contributed by atoms with Crippen LogP contribution in [0.4, 0.5) is 5.69 Å². The summed E-state index contributed by atoms with van der Waals surface area (Å²) in [6.07, 6.45) is 3.16. The van der Waals surface area contributed by atoms with Crippen LogP contribution in [0.3, 0.4) is 0 Å². The van der Waals surface area contributed by atoms with E-state index >= 15 is 0 Å². The van der Waals surface area contributed by atoms with Gasteiger partial charge in [-0.25, -0.2) is 8.42 Å². The smallest absolute Gasteiger partial charge is 0.244 e. The Morgan fingerprint density at radius 3 is 2.20 bits per heavy atom. The van der Waals surface area contributed by atoms with E-state index < -0.39 is 28.5 Å². The number of hydrogen-bond acceptors (Lipinski definition) is 4. The summed E-state index contributed by atoms with van der Waals surface area (Å²) in [6.45, 7) is 8.26. The average Bonchev–Trinajstić information content (AvgIpc) is 2.93. The molecule has 0 unspecified atom stereocenters. The largest absolute Gasteiger partial charge is 0.354 e. The second-order valence-corrected chi connectivity index (χ2v) is 12.8. The number of amides is 2. The average molecular weight is 578 g/mol. The van der Waals surface area contributed by atoms with Crippen LogP contribution in [0.1, 0.15) is 61.8 Å². The van der Waals surface area contributed by atoms with Crippen molar-refractivity contribution in [3.63, 3.8) is 0 Å². The number of para-hydroxylation sites is 1. The molecule has 0 fully saturated rings. The zero-order valence-electron chi connectivity index (χ0n) is 24.8. The van der Waals surface area contributed by atoms with E-state index in [-0.39, 0.29) is 18.4 Å². The first kappa shape index (κ1) is 31.9. The van der Waals surface area contributed by atoms with Crippen molar-refractivity contribution in [1.29, 1.82) is 0 Å². The van der Waals surface area contributed by atoms with E-state index in [9.17, 15) is 18.0 Å². The fraction of sp³-hybridized carbons (Fsp3) is 0.394. The van der Waals surface area contributed by atoms with Crippen molar-refractivity contribution in [2.45, 2.75) is 65.5 Å². The van der Waals surface area contributed by atoms with Crippen molar-refractivity contribution in [2.24, 2.45) is 0 Å². The molecule has 8 heteroatoms. The first-order valence-electron chi connectivity index (χ1n) is 14.2. The highest BCUT2D eigenvalue weighted by Crippen LogP contribution is 2.29. The van der Waals surface area contributed by atoms with Gasteiger partial charge in [-0.3, -0.25) is 13.9 Å². The molecule has 0 bridgehead atoms. The molecule has 0 saturated heterocycles. The van der Waals surface area contributed by atoms with Gasteiger partial charge in [0.25, 0.3) is 0 Å². The summed E-state index contributed by atoms with van der Waals surface area (Å²) in [5.74, 6) is -0.650. The van der Waals surface area contributed by atoms with Gasteiger partial charge in [0.1, 0.15) is 12.6 Å². The Hall–Kier alpha value is -3.65. The molecule has 0 aromatic heterocycles. The predicted molar refractivity (Wildman–Crippen MR) is 166 cm³/mol. The van der Waals surface area contributed by atoms with Crippen LogP contribution in [0.5, 0.6) is 0 Å². The van der Waals surface area contributed by atoms with Crippen molar-refractivity contribution in [1.82, 2.24) is 10.2 Å². The molecule has 0 radical (unpaired) electrons. The van der Waals surface area contributed by atoms with E-state index in [1.807, 2.05) is 87.5 Å². The third-order valence-electron chi connectivity index (χ3n) is 7.04. The van der Waals surface area contributed by atoms with E-state index in [4.69, 9.17) is 0 Å². The minimum Gasteiger partial charge on any atom is -0.354 e. The number of carbonyl (C=O) groups excluding carboxylic acids is 2. The molecule has 0 heterocycles. The van der Waals surface area contributed by atoms with E-state index in [1.54, 1.807) is 17.0 Å². The maximum atomic E-state index is 14.2. The quantitative estimate of drug-likeness (QED) is 0.259. The van der Waals surface area contributed by atoms with Gasteiger partial charge in [0.05, 0.1) is 11.9 Å². The van der Waals surface area contributed by atoms with Crippen molar-refractivity contribution >= 4 is 27.5 Å². The van der Waals surface area contributed by atoms with Crippen molar-refractivity contribution in [2.75, 3.05) is 23.7 Å². The first-order valence-corrected chi connectivity index (χ1v) is 16.1. The molecule has 1 N–H and O–H groups in total. The number of hydrogen-bond donors (Lipinski definition) is 1. The minimum absolute atomic E-state index is 0.0455. The fourth-order valence-corrected chi connectivity index (χ4v) is 5.73. The van der Waals surface area contributed by atoms with Crippen LogP contribution in [0, 0.1) is 6.92 Å². The molecule has 0 aliphatic heterocycles. The zero-order valence-corrected chi connectivity index (χ0v) is 25.7. The Labute approximate surface area is 245 Å². The fourth-order valence-electron chi connectivity index (χ4n) is 4.86. The summed E-state index contributed by atoms with van der Waals surface area (Å²) < 4.78 is 27.4. The third kappa shape index (κ3) is 9.18. The maximum absolute atomic E-state index is 14.2. The van der Waals surface area contributed by atoms with E-state index in [1.165, 1.54) is 4.31 Å². The van der Waals surface area contributed by atoms with Gasteiger partial charge >= 0.3 is 0 Å². The van der Waals surface area contributed by atoms with Crippen molar-refractivity contribution in [3.8, 4) is 0 Å². The molecule has 0 saturated carbocycles. The van der Waals surface area contributed by atoms with Crippen LogP contribution in [-0.2, 0) is 32.6 Å². The molecule has 220 valence electrons. The van der Waals surface area contributed by atoms with Crippen molar-refractivity contribution in [3.05, 3.63) is 101 Å². The number of anilines is 1. The normalized spacial score (nSPS) is 12.1. The summed E-state index contributed by atoms with van der Waals surface area (Å²) in [5.41, 5.74) is 4.11. The van der Waals surface area contributed by atoms with Gasteiger partial charge < -0.3 is 10.2 Å². The van der Waals surface area contributed by atoms with Gasteiger partial charge in [0.15, 0.2) is 0 Å². The van der Waals surface area contributed by atoms with Gasteiger partial charge in [-0.2, -0.15) is 0 Å². The molecule has 3 aromatic carbocycles. The molecule has 7 nitrogen and oxygen atoms in total. The zero-order chi connectivity index (χ0) is 30.0. The van der Waals surface area contributed by atoms with Crippen LogP contribution in [-0.4, -0.2) is 50.5 Å². The summed E-state index contributed by atoms with van der Waals surface area (Å²) in [4.78, 5) is 29.5. The number of carbonyl (C=O) groups is 2. The number of nitrogens with zero attached hydrogens (tertiary/aromatic N) is 2. The number of aryl methyl sites for hydroxylation is 1. The van der Waals surface area contributed by atoms with Crippen LogP contribution < -0.4 is 9.62 Å². The highest BCUT2D eigenvalue weighted by atomic mass is 32.2. The maximum Gasteiger partial charge on any atom is 0.244 e. The monoisotopic (exact) mass is 577 g/mol. The van der Waals surface area contributed by atoms with Crippen LogP contribution in [0.25, 0.3) is 0 Å². The molecule has 3 aromatic rings. The summed E-state index contributed by atoms with van der Waals surface area (Å²) in [5, 5.41) is 3.01. The highest BCUT2D eigenvalue weighted by molar-refractivity contribution is 7.92. The Kier molecular flexibility index (Phi) is 11.5. The number of benzene rings is 3. The van der Waals surface area contributed by atoms with Gasteiger partial charge in [0, 0.05) is 19.5 Å². The van der Waals surface area contributed by atoms with E-state index in [2.05, 4.69) is 12.2 Å². The number of nitrogens with one attached hydrogen (secondary N) is 1. The first-order chi connectivity index (χ1) is 19.5. The summed E-state index contributed by atoms with van der Waals surface area (Å²) in [7, 11) is -3.82. The van der Waals surface area contributed by atoms with Gasteiger partial charge in [0.2, 0.25) is 21.8 Å². The molecule has 1 atom stereocenters. The van der Waals surface area contributed by atoms with E-state index in [0.717, 1.165) is 41.4 Å². The summed E-state index contributed by atoms with van der Waals surface area (Å²) >= 11 is 0. The van der Waals surface area contributed by atoms with Crippen LogP contribution in [0.2, 0.25) is 0 Å². The Balaban J connectivity index is 2.07. The van der Waals surface area contributed by atoms with Crippen LogP contribution >= 0.6 is 0 Å². The summed E-state index contributed by atoms with van der Waals surface area (Å²) in [6, 6.07) is 23.8. The molecular formula is C33H43N3O4S. The highest BCUT2D eigenvalue weighted by Gasteiger charge is 2.33. The molecular weight excluding hydrogens is 534 g/mol. The van der Waals surface area contributed by atoms with Gasteiger partial charge in [-0.1, -0.05) is 106 Å². The lowest BCUT2D eigenvalue weighted by atomic mass is 10.0. The lowest BCUT2D eigenvalue weighted by Crippen LogP contribution is -2.53. The minimum atomic E-state index is -3.82. The molecule has 41 heavy (non-hydrogen) atoms. The number of unbranched alkanes of at least 4 members (excludes halogenated alkanes) is 1. The molecule has 0 aliphatic carbocycles. The Morgan fingerprint density at radius 1 is 0.902 bits per heavy atom. The van der Waals surface area contributed by atoms with Gasteiger partial charge in [-0.15, -0.1) is 0 Å².